The van der Waals surface area contributed by atoms with Crippen LogP contribution in [-0.4, -0.2) is 55.8 Å². The van der Waals surface area contributed by atoms with Crippen molar-refractivity contribution < 1.29 is 13.2 Å². The van der Waals surface area contributed by atoms with Gasteiger partial charge in [-0.05, 0) is 74.7 Å². The van der Waals surface area contributed by atoms with Crippen LogP contribution in [0.5, 0.6) is 0 Å². The fourth-order valence-corrected chi connectivity index (χ4v) is 6.04. The first kappa shape index (κ1) is 23.4. The monoisotopic (exact) mass is 495 g/mol. The summed E-state index contributed by atoms with van der Waals surface area (Å²) in [6.07, 6.45) is 4.10. The number of nitrogens with one attached hydrogen (secondary N) is 1. The zero-order chi connectivity index (χ0) is 22.9. The van der Waals surface area contributed by atoms with Gasteiger partial charge in [0.2, 0.25) is 0 Å². The summed E-state index contributed by atoms with van der Waals surface area (Å²) in [6, 6.07) is 11.4. The molecule has 9 heteroatoms. The molecule has 1 aliphatic heterocycles. The zero-order valence-electron chi connectivity index (χ0n) is 17.9. The molecule has 0 unspecified atom stereocenters. The average molecular weight is 496 g/mol. The number of anilines is 1. The summed E-state index contributed by atoms with van der Waals surface area (Å²) in [5.74, 6) is 0.0229. The molecule has 1 saturated carbocycles. The van der Waals surface area contributed by atoms with Gasteiger partial charge in [0.05, 0.1) is 5.02 Å². The summed E-state index contributed by atoms with van der Waals surface area (Å²) in [7, 11) is -3.91. The van der Waals surface area contributed by atoms with Crippen molar-refractivity contribution in [3.63, 3.8) is 0 Å². The van der Waals surface area contributed by atoms with Crippen LogP contribution in [0.15, 0.2) is 47.4 Å². The van der Waals surface area contributed by atoms with Gasteiger partial charge in [-0.2, -0.15) is 0 Å². The Morgan fingerprint density at radius 2 is 1.66 bits per heavy atom. The van der Waals surface area contributed by atoms with Gasteiger partial charge in [0, 0.05) is 41.4 Å². The average Bonchev–Trinajstić information content (AvgIpc) is 3.61. The first-order chi connectivity index (χ1) is 15.3. The van der Waals surface area contributed by atoms with Crippen molar-refractivity contribution in [3.05, 3.63) is 58.1 Å². The lowest BCUT2D eigenvalue weighted by Crippen LogP contribution is -2.48. The van der Waals surface area contributed by atoms with E-state index in [1.165, 1.54) is 18.2 Å². The van der Waals surface area contributed by atoms with Gasteiger partial charge in [0.15, 0.2) is 0 Å². The Kier molecular flexibility index (Phi) is 7.00. The van der Waals surface area contributed by atoms with Gasteiger partial charge in [-0.15, -0.1) is 0 Å². The minimum absolute atomic E-state index is 0.0229. The van der Waals surface area contributed by atoms with E-state index in [1.807, 2.05) is 0 Å². The number of hydrogen-bond donors (Lipinski definition) is 1. The van der Waals surface area contributed by atoms with Crippen molar-refractivity contribution in [2.45, 2.75) is 49.6 Å². The lowest BCUT2D eigenvalue weighted by molar-refractivity contribution is 0.0554. The number of benzene rings is 2. The Labute approximate surface area is 199 Å². The number of amides is 1. The highest BCUT2D eigenvalue weighted by Gasteiger charge is 2.38. The number of halogens is 2. The summed E-state index contributed by atoms with van der Waals surface area (Å²) in [6.45, 7) is 5.25. The van der Waals surface area contributed by atoms with Gasteiger partial charge < -0.3 is 9.80 Å². The van der Waals surface area contributed by atoms with E-state index in [9.17, 15) is 13.2 Å². The van der Waals surface area contributed by atoms with E-state index in [2.05, 4.69) is 21.4 Å². The third kappa shape index (κ3) is 5.22. The summed E-state index contributed by atoms with van der Waals surface area (Å²) in [4.78, 5) is 17.7. The summed E-state index contributed by atoms with van der Waals surface area (Å²) < 4.78 is 28.0. The molecular weight excluding hydrogens is 469 g/mol. The van der Waals surface area contributed by atoms with Gasteiger partial charge in [-0.3, -0.25) is 9.52 Å². The van der Waals surface area contributed by atoms with Crippen LogP contribution < -0.4 is 4.72 Å². The summed E-state index contributed by atoms with van der Waals surface area (Å²) in [5.41, 5.74) is 0.922. The van der Waals surface area contributed by atoms with E-state index in [4.69, 9.17) is 23.2 Å². The molecular formula is C23H27Cl2N3O3S. The van der Waals surface area contributed by atoms with E-state index in [0.29, 0.717) is 17.3 Å². The zero-order valence-corrected chi connectivity index (χ0v) is 20.3. The molecule has 2 fully saturated rings. The number of hydrogen-bond acceptors (Lipinski definition) is 4. The minimum atomic E-state index is -3.91. The molecule has 1 aliphatic carbocycles. The van der Waals surface area contributed by atoms with Crippen molar-refractivity contribution >= 4 is 44.8 Å². The van der Waals surface area contributed by atoms with Gasteiger partial charge in [0.25, 0.3) is 15.9 Å². The van der Waals surface area contributed by atoms with E-state index < -0.39 is 10.0 Å². The largest absolute Gasteiger partial charge is 0.333 e. The quantitative estimate of drug-likeness (QED) is 0.593. The van der Waals surface area contributed by atoms with Gasteiger partial charge in [-0.25, -0.2) is 8.42 Å². The highest BCUT2D eigenvalue weighted by Crippen LogP contribution is 2.33. The maximum absolute atomic E-state index is 13.3. The van der Waals surface area contributed by atoms with Crippen LogP contribution in [-0.2, 0) is 10.0 Å². The molecule has 4 rings (SSSR count). The Morgan fingerprint density at radius 3 is 2.25 bits per heavy atom. The Balaban J connectivity index is 1.48. The number of likely N-dealkylation sites (tertiary alicyclic amines) is 1. The topological polar surface area (TPSA) is 69.7 Å². The first-order valence-corrected chi connectivity index (χ1v) is 13.2. The third-order valence-corrected chi connectivity index (χ3v) is 8.24. The molecule has 2 aromatic rings. The highest BCUT2D eigenvalue weighted by molar-refractivity contribution is 7.92. The molecule has 32 heavy (non-hydrogen) atoms. The molecule has 2 aliphatic rings. The third-order valence-electron chi connectivity index (χ3n) is 6.14. The molecule has 172 valence electrons. The van der Waals surface area contributed by atoms with Crippen molar-refractivity contribution in [2.24, 2.45) is 0 Å². The summed E-state index contributed by atoms with van der Waals surface area (Å²) >= 11 is 12.0. The van der Waals surface area contributed by atoms with Gasteiger partial charge >= 0.3 is 0 Å². The van der Waals surface area contributed by atoms with E-state index >= 15 is 0 Å². The SMILES string of the molecule is CCN1CCC(N(C(=O)c2ccc(NS(=O)(=O)c3cc(Cl)ccc3Cl)cc2)C2CC2)CC1. The number of nitrogens with zero attached hydrogens (tertiary/aromatic N) is 2. The van der Waals surface area contributed by atoms with Crippen molar-refractivity contribution in [2.75, 3.05) is 24.4 Å². The second-order valence-corrected chi connectivity index (χ2v) is 10.9. The van der Waals surface area contributed by atoms with Crippen molar-refractivity contribution in [1.29, 1.82) is 0 Å². The van der Waals surface area contributed by atoms with E-state index in [-0.39, 0.29) is 26.9 Å². The molecule has 0 bridgehead atoms. The molecule has 1 amide bonds. The summed E-state index contributed by atoms with van der Waals surface area (Å²) in [5, 5.41) is 0.364. The molecule has 2 aromatic carbocycles. The fraction of sp³-hybridized carbons (Fsp3) is 0.435. The van der Waals surface area contributed by atoms with Crippen LogP contribution in [0.2, 0.25) is 10.0 Å². The predicted octanol–water partition coefficient (Wildman–Crippen LogP) is 4.88. The number of rotatable bonds is 7. The Bertz CT molecular complexity index is 1080. The molecule has 0 radical (unpaired) electrons. The smallest absolute Gasteiger partial charge is 0.263 e. The molecule has 0 spiro atoms. The maximum atomic E-state index is 13.3. The van der Waals surface area contributed by atoms with Crippen LogP contribution >= 0.6 is 23.2 Å². The molecule has 6 nitrogen and oxygen atoms in total. The van der Waals surface area contributed by atoms with Crippen molar-refractivity contribution in [3.8, 4) is 0 Å². The fourth-order valence-electron chi connectivity index (χ4n) is 4.22. The lowest BCUT2D eigenvalue weighted by Gasteiger charge is -2.38. The Hall–Kier alpha value is -1.80. The van der Waals surface area contributed by atoms with Crippen LogP contribution in [0, 0.1) is 0 Å². The van der Waals surface area contributed by atoms with E-state index in [0.717, 1.165) is 45.3 Å². The van der Waals surface area contributed by atoms with E-state index in [1.54, 1.807) is 24.3 Å². The van der Waals surface area contributed by atoms with Crippen molar-refractivity contribution in [1.82, 2.24) is 9.80 Å². The number of carbonyl (C=O) groups is 1. The molecule has 0 atom stereocenters. The van der Waals surface area contributed by atoms with Gasteiger partial charge in [-0.1, -0.05) is 30.1 Å². The standard InChI is InChI=1S/C23H27Cl2N3O3S/c1-2-27-13-11-20(12-14-27)28(19-8-9-19)23(29)16-3-6-18(7-4-16)26-32(30,31)22-15-17(24)5-10-21(22)25/h3-7,10,15,19-20,26H,2,8-9,11-14H2,1H3. The molecule has 0 aromatic heterocycles. The minimum Gasteiger partial charge on any atom is -0.333 e. The number of sulfonamides is 1. The van der Waals surface area contributed by atoms with Crippen LogP contribution in [0.3, 0.4) is 0 Å². The first-order valence-electron chi connectivity index (χ1n) is 10.9. The number of piperidine rings is 1. The molecule has 1 saturated heterocycles. The lowest BCUT2D eigenvalue weighted by atomic mass is 10.0. The van der Waals surface area contributed by atoms with Crippen LogP contribution in [0.1, 0.15) is 43.0 Å². The highest BCUT2D eigenvalue weighted by atomic mass is 35.5. The maximum Gasteiger partial charge on any atom is 0.263 e. The molecule has 1 N–H and O–H groups in total. The normalized spacial score (nSPS) is 17.8. The predicted molar refractivity (Wildman–Crippen MR) is 128 cm³/mol. The number of carbonyl (C=O) groups excluding carboxylic acids is 1. The van der Waals surface area contributed by atoms with Gasteiger partial charge in [0.1, 0.15) is 4.90 Å². The van der Waals surface area contributed by atoms with Crippen LogP contribution in [0.25, 0.3) is 0 Å². The second-order valence-electron chi connectivity index (χ2n) is 8.37. The Morgan fingerprint density at radius 1 is 1.03 bits per heavy atom. The second kappa shape index (κ2) is 9.59. The molecule has 1 heterocycles. The van der Waals surface area contributed by atoms with Crippen LogP contribution in [0.4, 0.5) is 5.69 Å².